The van der Waals surface area contributed by atoms with Gasteiger partial charge in [-0.15, -0.1) is 0 Å². The molecule has 0 aliphatic heterocycles. The van der Waals surface area contributed by atoms with Crippen molar-refractivity contribution in [1.29, 1.82) is 0 Å². The van der Waals surface area contributed by atoms with Gasteiger partial charge in [0.1, 0.15) is 5.69 Å². The van der Waals surface area contributed by atoms with E-state index in [0.29, 0.717) is 29.7 Å². The molecule has 2 heterocycles. The number of hydrogen-bond acceptors (Lipinski definition) is 5. The Morgan fingerprint density at radius 2 is 2.20 bits per heavy atom. The summed E-state index contributed by atoms with van der Waals surface area (Å²) in [7, 11) is 0. The predicted molar refractivity (Wildman–Crippen MR) is 73.9 cm³/mol. The first-order chi connectivity index (χ1) is 9.72. The van der Waals surface area contributed by atoms with Crippen LogP contribution in [-0.4, -0.2) is 26.3 Å². The lowest BCUT2D eigenvalue weighted by atomic mass is 9.98. The van der Waals surface area contributed by atoms with Crippen molar-refractivity contribution in [3.05, 3.63) is 29.8 Å². The monoisotopic (exact) mass is 273 g/mol. The van der Waals surface area contributed by atoms with Crippen molar-refractivity contribution in [2.75, 3.05) is 0 Å². The lowest BCUT2D eigenvalue weighted by Gasteiger charge is -2.14. The SMILES string of the molecule is Cc1ccnc(-c2noc(CC(O)C3CCCC3)n2)c1. The van der Waals surface area contributed by atoms with E-state index in [-0.39, 0.29) is 6.10 Å². The van der Waals surface area contributed by atoms with Crippen LogP contribution < -0.4 is 0 Å². The van der Waals surface area contributed by atoms with Crippen LogP contribution in [0.3, 0.4) is 0 Å². The largest absolute Gasteiger partial charge is 0.392 e. The molecule has 5 heteroatoms. The molecule has 0 spiro atoms. The van der Waals surface area contributed by atoms with Gasteiger partial charge in [0.2, 0.25) is 11.7 Å². The molecule has 3 rings (SSSR count). The Morgan fingerprint density at radius 1 is 1.40 bits per heavy atom. The first kappa shape index (κ1) is 13.2. The fourth-order valence-electron chi connectivity index (χ4n) is 2.79. The molecule has 1 fully saturated rings. The Morgan fingerprint density at radius 3 is 2.95 bits per heavy atom. The summed E-state index contributed by atoms with van der Waals surface area (Å²) in [6, 6.07) is 3.84. The highest BCUT2D eigenvalue weighted by molar-refractivity contribution is 5.48. The minimum Gasteiger partial charge on any atom is -0.392 e. The molecule has 0 radical (unpaired) electrons. The van der Waals surface area contributed by atoms with E-state index >= 15 is 0 Å². The summed E-state index contributed by atoms with van der Waals surface area (Å²) < 4.78 is 5.23. The van der Waals surface area contributed by atoms with Crippen LogP contribution in [0.25, 0.3) is 11.5 Å². The number of rotatable bonds is 4. The average molecular weight is 273 g/mol. The number of hydrogen-bond donors (Lipinski definition) is 1. The Balaban J connectivity index is 1.70. The standard InChI is InChI=1S/C15H19N3O2/c1-10-6-7-16-12(8-10)15-17-14(20-18-15)9-13(19)11-4-2-3-5-11/h6-8,11,13,19H,2-5,9H2,1H3. The van der Waals surface area contributed by atoms with Gasteiger partial charge in [-0.1, -0.05) is 18.0 Å². The fourth-order valence-corrected chi connectivity index (χ4v) is 2.79. The summed E-state index contributed by atoms with van der Waals surface area (Å²) in [5.41, 5.74) is 1.81. The van der Waals surface area contributed by atoms with Gasteiger partial charge >= 0.3 is 0 Å². The zero-order valence-electron chi connectivity index (χ0n) is 11.6. The first-order valence-corrected chi connectivity index (χ1v) is 7.16. The third-order valence-electron chi connectivity index (χ3n) is 3.94. The molecule has 2 aromatic rings. The molecule has 20 heavy (non-hydrogen) atoms. The minimum atomic E-state index is -0.378. The van der Waals surface area contributed by atoms with Gasteiger partial charge in [-0.25, -0.2) is 0 Å². The van der Waals surface area contributed by atoms with Crippen LogP contribution in [0.15, 0.2) is 22.9 Å². The summed E-state index contributed by atoms with van der Waals surface area (Å²) in [6.45, 7) is 2.00. The van der Waals surface area contributed by atoms with Gasteiger partial charge in [0.25, 0.3) is 0 Å². The molecule has 2 aromatic heterocycles. The molecule has 0 amide bonds. The molecular formula is C15H19N3O2. The zero-order chi connectivity index (χ0) is 13.9. The molecule has 5 nitrogen and oxygen atoms in total. The van der Waals surface area contributed by atoms with Crippen LogP contribution >= 0.6 is 0 Å². The predicted octanol–water partition coefficient (Wildman–Crippen LogP) is 2.53. The summed E-state index contributed by atoms with van der Waals surface area (Å²) in [5.74, 6) is 1.35. The van der Waals surface area contributed by atoms with E-state index in [1.54, 1.807) is 6.20 Å². The molecule has 1 atom stereocenters. The molecule has 0 saturated heterocycles. The Kier molecular flexibility index (Phi) is 3.78. The molecule has 1 saturated carbocycles. The number of aromatic nitrogens is 3. The van der Waals surface area contributed by atoms with Crippen molar-refractivity contribution in [1.82, 2.24) is 15.1 Å². The second kappa shape index (κ2) is 5.71. The van der Waals surface area contributed by atoms with Crippen molar-refractivity contribution in [2.45, 2.75) is 45.1 Å². The molecule has 1 aliphatic rings. The van der Waals surface area contributed by atoms with E-state index in [1.165, 1.54) is 12.8 Å². The Labute approximate surface area is 118 Å². The lowest BCUT2D eigenvalue weighted by molar-refractivity contribution is 0.102. The maximum absolute atomic E-state index is 10.2. The zero-order valence-corrected chi connectivity index (χ0v) is 11.6. The van der Waals surface area contributed by atoms with Crippen LogP contribution in [-0.2, 0) is 6.42 Å². The van der Waals surface area contributed by atoms with Gasteiger partial charge in [0, 0.05) is 6.20 Å². The van der Waals surface area contributed by atoms with E-state index in [0.717, 1.165) is 18.4 Å². The smallest absolute Gasteiger partial charge is 0.229 e. The third kappa shape index (κ3) is 2.88. The number of aryl methyl sites for hydroxylation is 1. The van der Waals surface area contributed by atoms with Crippen molar-refractivity contribution in [3.8, 4) is 11.5 Å². The van der Waals surface area contributed by atoms with Gasteiger partial charge in [0.05, 0.1) is 12.5 Å². The second-order valence-corrected chi connectivity index (χ2v) is 5.55. The lowest BCUT2D eigenvalue weighted by Crippen LogP contribution is -2.20. The van der Waals surface area contributed by atoms with Gasteiger partial charge in [-0.3, -0.25) is 4.98 Å². The van der Waals surface area contributed by atoms with E-state index in [2.05, 4.69) is 15.1 Å². The normalized spacial score (nSPS) is 17.5. The Bertz CT molecular complexity index is 576. The quantitative estimate of drug-likeness (QED) is 0.926. The number of nitrogens with zero attached hydrogens (tertiary/aromatic N) is 3. The molecule has 0 bridgehead atoms. The summed E-state index contributed by atoms with van der Waals surface area (Å²) in [6.07, 6.45) is 6.41. The Hall–Kier alpha value is -1.75. The number of aliphatic hydroxyl groups is 1. The second-order valence-electron chi connectivity index (χ2n) is 5.55. The van der Waals surface area contributed by atoms with Gasteiger partial charge in [-0.2, -0.15) is 4.98 Å². The molecule has 0 aromatic carbocycles. The van der Waals surface area contributed by atoms with E-state index in [4.69, 9.17) is 4.52 Å². The maximum Gasteiger partial charge on any atom is 0.229 e. The molecule has 1 aliphatic carbocycles. The van der Waals surface area contributed by atoms with Crippen LogP contribution in [0.2, 0.25) is 0 Å². The molecule has 1 unspecified atom stereocenters. The maximum atomic E-state index is 10.2. The number of aliphatic hydroxyl groups excluding tert-OH is 1. The highest BCUT2D eigenvalue weighted by Gasteiger charge is 2.25. The van der Waals surface area contributed by atoms with Crippen molar-refractivity contribution >= 4 is 0 Å². The van der Waals surface area contributed by atoms with E-state index in [9.17, 15) is 5.11 Å². The van der Waals surface area contributed by atoms with Crippen LogP contribution in [0.4, 0.5) is 0 Å². The molecular weight excluding hydrogens is 254 g/mol. The molecule has 106 valence electrons. The van der Waals surface area contributed by atoms with E-state index < -0.39 is 0 Å². The van der Waals surface area contributed by atoms with Crippen LogP contribution in [0, 0.1) is 12.8 Å². The van der Waals surface area contributed by atoms with Crippen molar-refractivity contribution < 1.29 is 9.63 Å². The van der Waals surface area contributed by atoms with E-state index in [1.807, 2.05) is 19.1 Å². The van der Waals surface area contributed by atoms with Gasteiger partial charge < -0.3 is 9.63 Å². The third-order valence-corrected chi connectivity index (χ3v) is 3.94. The fraction of sp³-hybridized carbons (Fsp3) is 0.533. The van der Waals surface area contributed by atoms with Crippen LogP contribution in [0.1, 0.15) is 37.1 Å². The summed E-state index contributed by atoms with van der Waals surface area (Å²) >= 11 is 0. The summed E-state index contributed by atoms with van der Waals surface area (Å²) in [5, 5.41) is 14.1. The van der Waals surface area contributed by atoms with Crippen LogP contribution in [0.5, 0.6) is 0 Å². The summed E-state index contributed by atoms with van der Waals surface area (Å²) in [4.78, 5) is 8.56. The van der Waals surface area contributed by atoms with Gasteiger partial charge in [0.15, 0.2) is 0 Å². The van der Waals surface area contributed by atoms with Crippen molar-refractivity contribution in [3.63, 3.8) is 0 Å². The highest BCUT2D eigenvalue weighted by Crippen LogP contribution is 2.29. The van der Waals surface area contributed by atoms with Crippen molar-refractivity contribution in [2.24, 2.45) is 5.92 Å². The van der Waals surface area contributed by atoms with Gasteiger partial charge in [-0.05, 0) is 43.4 Å². The minimum absolute atomic E-state index is 0.377. The average Bonchev–Trinajstić information content (AvgIpc) is 3.10. The molecule has 1 N–H and O–H groups in total. The first-order valence-electron chi connectivity index (χ1n) is 7.16. The highest BCUT2D eigenvalue weighted by atomic mass is 16.5. The topological polar surface area (TPSA) is 72.0 Å². The number of pyridine rings is 1.